The molecule has 88 valence electrons. The predicted molar refractivity (Wildman–Crippen MR) is 60.6 cm³/mol. The molecule has 1 aromatic rings. The molecule has 0 aromatic heterocycles. The second-order valence-corrected chi connectivity index (χ2v) is 4.81. The molecular weight excluding hydrogens is 231 g/mol. The van der Waals surface area contributed by atoms with Crippen LogP contribution in [0.2, 0.25) is 5.02 Å². The standard InChI is InChI=1S/C12H14ClFO2/c1-7-5-9(13)10(14)8(11(7)16-2)6-12(15)3-4-12/h5,15H,3-4,6H2,1-2H3. The molecule has 1 aliphatic rings. The molecule has 2 rings (SSSR count). The molecule has 0 saturated heterocycles. The predicted octanol–water partition coefficient (Wildman–Crippen LogP) is 2.86. The molecule has 1 aromatic carbocycles. The van der Waals surface area contributed by atoms with Crippen LogP contribution < -0.4 is 4.74 Å². The van der Waals surface area contributed by atoms with Gasteiger partial charge in [0, 0.05) is 12.0 Å². The van der Waals surface area contributed by atoms with Crippen molar-refractivity contribution in [3.05, 3.63) is 28.0 Å². The second-order valence-electron chi connectivity index (χ2n) is 4.40. The summed E-state index contributed by atoms with van der Waals surface area (Å²) < 4.78 is 19.0. The van der Waals surface area contributed by atoms with E-state index in [1.165, 1.54) is 13.2 Å². The highest BCUT2D eigenvalue weighted by atomic mass is 35.5. The van der Waals surface area contributed by atoms with Crippen molar-refractivity contribution in [2.24, 2.45) is 0 Å². The zero-order chi connectivity index (χ0) is 11.9. The zero-order valence-electron chi connectivity index (χ0n) is 9.31. The fourth-order valence-corrected chi connectivity index (χ4v) is 2.17. The van der Waals surface area contributed by atoms with Crippen molar-refractivity contribution in [2.75, 3.05) is 7.11 Å². The molecule has 0 amide bonds. The van der Waals surface area contributed by atoms with Crippen LogP contribution in [0.25, 0.3) is 0 Å². The number of rotatable bonds is 3. The lowest BCUT2D eigenvalue weighted by atomic mass is 10.0. The highest BCUT2D eigenvalue weighted by molar-refractivity contribution is 6.31. The Bertz CT molecular complexity index is 428. The summed E-state index contributed by atoms with van der Waals surface area (Å²) in [7, 11) is 1.50. The minimum absolute atomic E-state index is 0.0811. The number of hydrogen-bond donors (Lipinski definition) is 1. The molecule has 1 fully saturated rings. The van der Waals surface area contributed by atoms with Crippen LogP contribution in [0.4, 0.5) is 4.39 Å². The van der Waals surface area contributed by atoms with Gasteiger partial charge in [-0.3, -0.25) is 0 Å². The van der Waals surface area contributed by atoms with Crippen LogP contribution in [0.15, 0.2) is 6.07 Å². The molecule has 0 bridgehead atoms. The third kappa shape index (κ3) is 2.02. The maximum absolute atomic E-state index is 13.9. The van der Waals surface area contributed by atoms with Crippen LogP contribution in [-0.2, 0) is 6.42 Å². The van der Waals surface area contributed by atoms with Gasteiger partial charge in [0.2, 0.25) is 0 Å². The third-order valence-electron chi connectivity index (χ3n) is 2.99. The molecular formula is C12H14ClFO2. The van der Waals surface area contributed by atoms with E-state index in [4.69, 9.17) is 16.3 Å². The van der Waals surface area contributed by atoms with Crippen molar-refractivity contribution in [1.82, 2.24) is 0 Å². The first kappa shape index (κ1) is 11.7. The Labute approximate surface area is 99.0 Å². The summed E-state index contributed by atoms with van der Waals surface area (Å²) in [5.41, 5.74) is 0.409. The molecule has 0 heterocycles. The van der Waals surface area contributed by atoms with Gasteiger partial charge < -0.3 is 9.84 Å². The van der Waals surface area contributed by atoms with Crippen molar-refractivity contribution in [3.8, 4) is 5.75 Å². The van der Waals surface area contributed by atoms with Crippen molar-refractivity contribution in [2.45, 2.75) is 31.8 Å². The highest BCUT2D eigenvalue weighted by Crippen LogP contribution is 2.42. The molecule has 0 radical (unpaired) electrons. The van der Waals surface area contributed by atoms with Gasteiger partial charge >= 0.3 is 0 Å². The van der Waals surface area contributed by atoms with E-state index in [1.54, 1.807) is 0 Å². The minimum Gasteiger partial charge on any atom is -0.496 e. The van der Waals surface area contributed by atoms with Gasteiger partial charge in [-0.2, -0.15) is 0 Å². The Balaban J connectivity index is 2.47. The maximum atomic E-state index is 13.9. The van der Waals surface area contributed by atoms with Crippen LogP contribution in [-0.4, -0.2) is 17.8 Å². The first-order chi connectivity index (χ1) is 7.47. The third-order valence-corrected chi connectivity index (χ3v) is 3.26. The zero-order valence-corrected chi connectivity index (χ0v) is 10.1. The van der Waals surface area contributed by atoms with Crippen LogP contribution in [0.3, 0.4) is 0 Å². The first-order valence-electron chi connectivity index (χ1n) is 5.21. The summed E-state index contributed by atoms with van der Waals surface area (Å²) in [4.78, 5) is 0. The maximum Gasteiger partial charge on any atom is 0.148 e. The number of ether oxygens (including phenoxy) is 1. The molecule has 16 heavy (non-hydrogen) atoms. The Morgan fingerprint density at radius 2 is 2.19 bits per heavy atom. The van der Waals surface area contributed by atoms with Gasteiger partial charge in [0.05, 0.1) is 17.7 Å². The number of hydrogen-bond acceptors (Lipinski definition) is 2. The normalized spacial score (nSPS) is 17.3. The number of aryl methyl sites for hydroxylation is 1. The van der Waals surface area contributed by atoms with Gasteiger partial charge in [0.25, 0.3) is 0 Å². The Kier molecular flexibility index (Phi) is 2.84. The van der Waals surface area contributed by atoms with E-state index < -0.39 is 11.4 Å². The van der Waals surface area contributed by atoms with E-state index in [2.05, 4.69) is 0 Å². The SMILES string of the molecule is COc1c(C)cc(Cl)c(F)c1CC1(O)CC1. The molecule has 0 spiro atoms. The van der Waals surface area contributed by atoms with E-state index in [1.807, 2.05) is 6.92 Å². The molecule has 1 N–H and O–H groups in total. The quantitative estimate of drug-likeness (QED) is 0.886. The average molecular weight is 245 g/mol. The van der Waals surface area contributed by atoms with Crippen molar-refractivity contribution in [3.63, 3.8) is 0 Å². The van der Waals surface area contributed by atoms with E-state index in [-0.39, 0.29) is 11.4 Å². The topological polar surface area (TPSA) is 29.5 Å². The molecule has 2 nitrogen and oxygen atoms in total. The summed E-state index contributed by atoms with van der Waals surface area (Å²) in [5.74, 6) is 0.00617. The fourth-order valence-electron chi connectivity index (χ4n) is 1.89. The van der Waals surface area contributed by atoms with Crippen LogP contribution in [0.5, 0.6) is 5.75 Å². The van der Waals surface area contributed by atoms with Crippen LogP contribution in [0.1, 0.15) is 24.0 Å². The summed E-state index contributed by atoms with van der Waals surface area (Å²) in [6.07, 6.45) is 1.69. The van der Waals surface area contributed by atoms with E-state index in [9.17, 15) is 9.50 Å². The minimum atomic E-state index is -0.759. The first-order valence-corrected chi connectivity index (χ1v) is 5.58. The summed E-state index contributed by atoms with van der Waals surface area (Å²) in [5, 5.41) is 9.92. The number of aliphatic hydroxyl groups is 1. The molecule has 1 saturated carbocycles. The van der Waals surface area contributed by atoms with Gasteiger partial charge in [-0.05, 0) is 31.4 Å². The van der Waals surface area contributed by atoms with E-state index >= 15 is 0 Å². The monoisotopic (exact) mass is 244 g/mol. The Morgan fingerprint density at radius 1 is 1.56 bits per heavy atom. The van der Waals surface area contributed by atoms with Gasteiger partial charge in [-0.1, -0.05) is 11.6 Å². The van der Waals surface area contributed by atoms with Gasteiger partial charge in [0.15, 0.2) is 0 Å². The van der Waals surface area contributed by atoms with E-state index in [0.717, 1.165) is 5.56 Å². The second kappa shape index (κ2) is 3.90. The molecule has 4 heteroatoms. The lowest BCUT2D eigenvalue weighted by molar-refractivity contribution is 0.148. The van der Waals surface area contributed by atoms with Crippen molar-refractivity contribution >= 4 is 11.6 Å². The summed E-state index contributed by atoms with van der Waals surface area (Å²) >= 11 is 5.79. The van der Waals surface area contributed by atoms with Gasteiger partial charge in [0.1, 0.15) is 11.6 Å². The van der Waals surface area contributed by atoms with Crippen LogP contribution in [0, 0.1) is 12.7 Å². The lowest BCUT2D eigenvalue weighted by Crippen LogP contribution is -2.14. The molecule has 1 aliphatic carbocycles. The highest BCUT2D eigenvalue weighted by Gasteiger charge is 2.42. The number of benzene rings is 1. The number of halogens is 2. The summed E-state index contributed by atoms with van der Waals surface area (Å²) in [6, 6.07) is 1.54. The molecule has 0 unspecified atom stereocenters. The number of methoxy groups -OCH3 is 1. The fraction of sp³-hybridized carbons (Fsp3) is 0.500. The summed E-state index contributed by atoms with van der Waals surface area (Å²) in [6.45, 7) is 1.81. The van der Waals surface area contributed by atoms with Gasteiger partial charge in [-0.15, -0.1) is 0 Å². The lowest BCUT2D eigenvalue weighted by Gasteiger charge is -2.16. The largest absolute Gasteiger partial charge is 0.496 e. The Morgan fingerprint density at radius 3 is 2.69 bits per heavy atom. The molecule has 0 atom stereocenters. The smallest absolute Gasteiger partial charge is 0.148 e. The average Bonchev–Trinajstić information content (AvgIpc) is 2.93. The molecule has 0 aliphatic heterocycles. The van der Waals surface area contributed by atoms with Gasteiger partial charge in [-0.25, -0.2) is 4.39 Å². The Hall–Kier alpha value is -0.800. The van der Waals surface area contributed by atoms with Crippen molar-refractivity contribution in [1.29, 1.82) is 0 Å². The van der Waals surface area contributed by atoms with Crippen molar-refractivity contribution < 1.29 is 14.2 Å². The van der Waals surface area contributed by atoms with E-state index in [0.29, 0.717) is 24.2 Å². The van der Waals surface area contributed by atoms with Crippen LogP contribution >= 0.6 is 11.6 Å².